The van der Waals surface area contributed by atoms with Crippen molar-refractivity contribution in [2.75, 3.05) is 5.32 Å². The molecule has 1 aromatic heterocycles. The van der Waals surface area contributed by atoms with E-state index in [1.807, 2.05) is 6.07 Å². The third kappa shape index (κ3) is 3.87. The zero-order chi connectivity index (χ0) is 15.2. The number of carbonyl (C=O) groups excluding carboxylic acids is 1. The van der Waals surface area contributed by atoms with E-state index in [4.69, 9.17) is 5.26 Å². The minimum Gasteiger partial charge on any atom is -0.324 e. The zero-order valence-electron chi connectivity index (χ0n) is 10.9. The largest absolute Gasteiger partial charge is 0.324 e. The van der Waals surface area contributed by atoms with Crippen LogP contribution in [0.3, 0.4) is 0 Å². The standard InChI is InChI=1S/C13H11N5O3/c14-6-5-10-1-3-11(4-2-10)16-13(19)9-17-8-12(7-15-17)18(20)21/h1-4,7-8H,5,9H2,(H,16,19). The molecule has 0 bridgehead atoms. The minimum atomic E-state index is -0.574. The van der Waals surface area contributed by atoms with Gasteiger partial charge in [0.15, 0.2) is 0 Å². The molecule has 1 amide bonds. The maximum Gasteiger partial charge on any atom is 0.307 e. The predicted octanol–water partition coefficient (Wildman–Crippen LogP) is 1.50. The van der Waals surface area contributed by atoms with Crippen LogP contribution in [0.5, 0.6) is 0 Å². The smallest absolute Gasteiger partial charge is 0.307 e. The molecule has 0 radical (unpaired) electrons. The monoisotopic (exact) mass is 285 g/mol. The number of nitrogens with one attached hydrogen (secondary N) is 1. The molecule has 0 saturated carbocycles. The Balaban J connectivity index is 1.94. The van der Waals surface area contributed by atoms with Gasteiger partial charge in [0, 0.05) is 5.69 Å². The summed E-state index contributed by atoms with van der Waals surface area (Å²) in [6.45, 7) is -0.117. The Bertz CT molecular complexity index is 699. The third-order valence-electron chi connectivity index (χ3n) is 2.66. The lowest BCUT2D eigenvalue weighted by molar-refractivity contribution is -0.385. The quantitative estimate of drug-likeness (QED) is 0.660. The lowest BCUT2D eigenvalue weighted by Crippen LogP contribution is -2.18. The summed E-state index contributed by atoms with van der Waals surface area (Å²) in [5, 5.41) is 25.4. The lowest BCUT2D eigenvalue weighted by Gasteiger charge is -2.05. The maximum atomic E-state index is 11.8. The van der Waals surface area contributed by atoms with Crippen LogP contribution in [0.1, 0.15) is 5.56 Å². The van der Waals surface area contributed by atoms with E-state index in [1.165, 1.54) is 10.9 Å². The number of hydrogen-bond acceptors (Lipinski definition) is 5. The van der Waals surface area contributed by atoms with E-state index in [1.54, 1.807) is 24.3 Å². The zero-order valence-corrected chi connectivity index (χ0v) is 10.9. The van der Waals surface area contributed by atoms with Crippen LogP contribution in [0.15, 0.2) is 36.7 Å². The Labute approximate surface area is 119 Å². The molecule has 0 unspecified atom stereocenters. The van der Waals surface area contributed by atoms with Crippen molar-refractivity contribution in [1.82, 2.24) is 9.78 Å². The second-order valence-corrected chi connectivity index (χ2v) is 4.23. The molecule has 8 nitrogen and oxygen atoms in total. The summed E-state index contributed by atoms with van der Waals surface area (Å²) in [5.74, 6) is -0.346. The van der Waals surface area contributed by atoms with E-state index >= 15 is 0 Å². The van der Waals surface area contributed by atoms with Gasteiger partial charge in [-0.15, -0.1) is 0 Å². The van der Waals surface area contributed by atoms with Crippen molar-refractivity contribution in [2.24, 2.45) is 0 Å². The van der Waals surface area contributed by atoms with Gasteiger partial charge in [-0.25, -0.2) is 0 Å². The first kappa shape index (κ1) is 14.2. The molecule has 0 atom stereocenters. The highest BCUT2D eigenvalue weighted by molar-refractivity contribution is 5.90. The maximum absolute atomic E-state index is 11.8. The average molecular weight is 285 g/mol. The Kier molecular flexibility index (Phi) is 4.26. The summed E-state index contributed by atoms with van der Waals surface area (Å²) < 4.78 is 1.19. The number of benzene rings is 1. The fraction of sp³-hybridized carbons (Fsp3) is 0.154. The van der Waals surface area contributed by atoms with Crippen LogP contribution in [-0.4, -0.2) is 20.6 Å². The highest BCUT2D eigenvalue weighted by atomic mass is 16.6. The number of amides is 1. The van der Waals surface area contributed by atoms with E-state index in [-0.39, 0.29) is 18.1 Å². The Morgan fingerprint density at radius 3 is 2.71 bits per heavy atom. The van der Waals surface area contributed by atoms with Crippen LogP contribution in [0.4, 0.5) is 11.4 Å². The van der Waals surface area contributed by atoms with Crippen LogP contribution in [-0.2, 0) is 17.8 Å². The van der Waals surface area contributed by atoms with Gasteiger partial charge in [-0.1, -0.05) is 12.1 Å². The summed E-state index contributed by atoms with van der Waals surface area (Å²) in [5.41, 5.74) is 1.28. The van der Waals surface area contributed by atoms with Crippen LogP contribution in [0.2, 0.25) is 0 Å². The van der Waals surface area contributed by atoms with E-state index < -0.39 is 4.92 Å². The number of rotatable bonds is 5. The van der Waals surface area contributed by atoms with Gasteiger partial charge in [-0.3, -0.25) is 19.6 Å². The third-order valence-corrected chi connectivity index (χ3v) is 2.66. The normalized spacial score (nSPS) is 9.86. The average Bonchev–Trinajstić information content (AvgIpc) is 2.90. The van der Waals surface area contributed by atoms with Gasteiger partial charge < -0.3 is 5.32 Å². The first-order chi connectivity index (χ1) is 10.1. The number of nitriles is 1. The second-order valence-electron chi connectivity index (χ2n) is 4.23. The molecule has 0 aliphatic heterocycles. The van der Waals surface area contributed by atoms with Gasteiger partial charge in [0.05, 0.1) is 17.4 Å². The predicted molar refractivity (Wildman–Crippen MR) is 73.3 cm³/mol. The van der Waals surface area contributed by atoms with E-state index in [0.29, 0.717) is 12.1 Å². The van der Waals surface area contributed by atoms with E-state index in [0.717, 1.165) is 11.8 Å². The number of anilines is 1. The Hall–Kier alpha value is -3.21. The van der Waals surface area contributed by atoms with Crippen molar-refractivity contribution in [3.05, 3.63) is 52.3 Å². The first-order valence-corrected chi connectivity index (χ1v) is 6.01. The van der Waals surface area contributed by atoms with Crippen LogP contribution in [0, 0.1) is 21.4 Å². The Morgan fingerprint density at radius 2 is 2.14 bits per heavy atom. The number of nitrogens with zero attached hydrogens (tertiary/aromatic N) is 4. The highest BCUT2D eigenvalue weighted by Crippen LogP contribution is 2.11. The first-order valence-electron chi connectivity index (χ1n) is 6.01. The van der Waals surface area contributed by atoms with Crippen molar-refractivity contribution in [3.8, 4) is 6.07 Å². The van der Waals surface area contributed by atoms with E-state index in [9.17, 15) is 14.9 Å². The number of nitro groups is 1. The fourth-order valence-corrected chi connectivity index (χ4v) is 1.68. The summed E-state index contributed by atoms with van der Waals surface area (Å²) in [7, 11) is 0. The Morgan fingerprint density at radius 1 is 1.43 bits per heavy atom. The van der Waals surface area contributed by atoms with Crippen LogP contribution in [0.25, 0.3) is 0 Å². The molecular weight excluding hydrogens is 274 g/mol. The number of carbonyl (C=O) groups is 1. The molecule has 0 fully saturated rings. The minimum absolute atomic E-state index is 0.117. The van der Waals surface area contributed by atoms with Crippen molar-refractivity contribution < 1.29 is 9.72 Å². The second kappa shape index (κ2) is 6.29. The molecule has 21 heavy (non-hydrogen) atoms. The highest BCUT2D eigenvalue weighted by Gasteiger charge is 2.11. The SMILES string of the molecule is N#CCc1ccc(NC(=O)Cn2cc([N+](=O)[O-])cn2)cc1. The van der Waals surface area contributed by atoms with Gasteiger partial charge in [0.1, 0.15) is 18.9 Å². The van der Waals surface area contributed by atoms with Crippen LogP contribution >= 0.6 is 0 Å². The molecule has 1 heterocycles. The molecule has 1 aromatic carbocycles. The summed E-state index contributed by atoms with van der Waals surface area (Å²) in [4.78, 5) is 21.7. The van der Waals surface area contributed by atoms with Crippen molar-refractivity contribution in [1.29, 1.82) is 5.26 Å². The summed E-state index contributed by atoms with van der Waals surface area (Å²) >= 11 is 0. The molecule has 1 N–H and O–H groups in total. The van der Waals surface area contributed by atoms with Crippen molar-refractivity contribution >= 4 is 17.3 Å². The fourth-order valence-electron chi connectivity index (χ4n) is 1.68. The van der Waals surface area contributed by atoms with Gasteiger partial charge in [0.25, 0.3) is 0 Å². The van der Waals surface area contributed by atoms with Crippen molar-refractivity contribution in [3.63, 3.8) is 0 Å². The summed E-state index contributed by atoms with van der Waals surface area (Å²) in [6, 6.07) is 8.91. The van der Waals surface area contributed by atoms with Crippen LogP contribution < -0.4 is 5.32 Å². The number of hydrogen-bond donors (Lipinski definition) is 1. The molecule has 0 spiro atoms. The van der Waals surface area contributed by atoms with Gasteiger partial charge in [-0.05, 0) is 17.7 Å². The molecular formula is C13H11N5O3. The molecule has 106 valence electrons. The van der Waals surface area contributed by atoms with Gasteiger partial charge >= 0.3 is 5.69 Å². The van der Waals surface area contributed by atoms with E-state index in [2.05, 4.69) is 10.4 Å². The molecule has 2 aromatic rings. The summed E-state index contributed by atoms with van der Waals surface area (Å²) in [6.07, 6.45) is 2.59. The van der Waals surface area contributed by atoms with Gasteiger partial charge in [-0.2, -0.15) is 10.4 Å². The lowest BCUT2D eigenvalue weighted by atomic mass is 10.1. The van der Waals surface area contributed by atoms with Gasteiger partial charge in [0.2, 0.25) is 5.91 Å². The molecule has 2 rings (SSSR count). The number of aromatic nitrogens is 2. The molecule has 8 heteroatoms. The molecule has 0 aliphatic rings. The topological polar surface area (TPSA) is 114 Å². The molecule has 0 saturated heterocycles. The van der Waals surface area contributed by atoms with Crippen molar-refractivity contribution in [2.45, 2.75) is 13.0 Å². The molecule has 0 aliphatic carbocycles.